The fraction of sp³-hybridized carbons (Fsp3) is 0.688. The second-order valence-electron chi connectivity index (χ2n) is 5.45. The van der Waals surface area contributed by atoms with Gasteiger partial charge in [-0.05, 0) is 31.0 Å². The van der Waals surface area contributed by atoms with E-state index in [1.54, 1.807) is 0 Å². The van der Waals surface area contributed by atoms with Crippen LogP contribution in [0.1, 0.15) is 31.7 Å². The zero-order valence-electron chi connectivity index (χ0n) is 12.6. The molecule has 1 aliphatic rings. The fourth-order valence-corrected chi connectivity index (χ4v) is 2.93. The summed E-state index contributed by atoms with van der Waals surface area (Å²) >= 11 is 0. The van der Waals surface area contributed by atoms with Gasteiger partial charge >= 0.3 is 0 Å². The quantitative estimate of drug-likeness (QED) is 0.830. The molecule has 2 rings (SSSR count). The molecule has 0 aliphatic carbocycles. The first-order chi connectivity index (χ1) is 9.80. The topological polar surface area (TPSA) is 43.4 Å². The highest BCUT2D eigenvalue weighted by Crippen LogP contribution is 2.30. The summed E-state index contributed by atoms with van der Waals surface area (Å²) in [5.74, 6) is 0. The zero-order valence-corrected chi connectivity index (χ0v) is 12.6. The lowest BCUT2D eigenvalue weighted by Crippen LogP contribution is -2.56. The van der Waals surface area contributed by atoms with Crippen molar-refractivity contribution in [1.82, 2.24) is 10.3 Å². The molecule has 1 unspecified atom stereocenters. The summed E-state index contributed by atoms with van der Waals surface area (Å²) in [4.78, 5) is 4.22. The average molecular weight is 278 g/mol. The van der Waals surface area contributed by atoms with E-state index in [2.05, 4.69) is 23.3 Å². The first-order valence-electron chi connectivity index (χ1n) is 7.56. The maximum atomic E-state index is 5.95. The van der Waals surface area contributed by atoms with Gasteiger partial charge in [0.2, 0.25) is 0 Å². The average Bonchev–Trinajstić information content (AvgIpc) is 2.53. The molecule has 0 aromatic carbocycles. The van der Waals surface area contributed by atoms with Gasteiger partial charge in [-0.3, -0.25) is 4.98 Å². The summed E-state index contributed by atoms with van der Waals surface area (Å²) in [7, 11) is 1.83. The smallest absolute Gasteiger partial charge is 0.0877 e. The predicted octanol–water partition coefficient (Wildman–Crippen LogP) is 2.19. The number of nitrogens with zero attached hydrogens (tertiary/aromatic N) is 1. The van der Waals surface area contributed by atoms with Crippen LogP contribution in [0, 0.1) is 0 Å². The zero-order chi connectivity index (χ0) is 14.3. The molecule has 0 bridgehead atoms. The van der Waals surface area contributed by atoms with Gasteiger partial charge in [0, 0.05) is 51.6 Å². The van der Waals surface area contributed by atoms with E-state index in [9.17, 15) is 0 Å². The molecule has 4 heteroatoms. The number of ether oxygens (including phenoxy) is 2. The molecule has 1 atom stereocenters. The molecule has 0 spiro atoms. The Hall–Kier alpha value is -0.970. The van der Waals surface area contributed by atoms with Crippen molar-refractivity contribution < 1.29 is 9.47 Å². The molecule has 1 fully saturated rings. The SMILES string of the molecule is CCCNC(Cc1cccnc1)C1(OC)CCOCC1. The van der Waals surface area contributed by atoms with E-state index in [0.717, 1.165) is 45.4 Å². The first kappa shape index (κ1) is 15.4. The molecule has 0 radical (unpaired) electrons. The van der Waals surface area contributed by atoms with Gasteiger partial charge in [0.1, 0.15) is 0 Å². The molecule has 1 aromatic rings. The number of hydrogen-bond acceptors (Lipinski definition) is 4. The number of aromatic nitrogens is 1. The highest BCUT2D eigenvalue weighted by molar-refractivity contribution is 5.13. The summed E-state index contributed by atoms with van der Waals surface area (Å²) in [5, 5.41) is 3.67. The Balaban J connectivity index is 2.12. The van der Waals surface area contributed by atoms with Crippen molar-refractivity contribution in [3.05, 3.63) is 30.1 Å². The molecular formula is C16H26N2O2. The number of rotatable bonds is 7. The van der Waals surface area contributed by atoms with Crippen LogP contribution in [0.2, 0.25) is 0 Å². The van der Waals surface area contributed by atoms with Crippen molar-refractivity contribution in [2.24, 2.45) is 0 Å². The standard InChI is InChI=1S/C16H26N2O2/c1-3-8-18-15(12-14-5-4-9-17-13-14)16(19-2)6-10-20-11-7-16/h4-5,9,13,15,18H,3,6-8,10-12H2,1-2H3. The maximum absolute atomic E-state index is 5.95. The molecule has 0 saturated carbocycles. The third-order valence-corrected chi connectivity index (χ3v) is 4.18. The van der Waals surface area contributed by atoms with Crippen LogP contribution in [0.15, 0.2) is 24.5 Å². The largest absolute Gasteiger partial charge is 0.381 e. The molecule has 4 nitrogen and oxygen atoms in total. The molecule has 112 valence electrons. The van der Waals surface area contributed by atoms with Crippen molar-refractivity contribution in [3.63, 3.8) is 0 Å². The molecule has 1 saturated heterocycles. The van der Waals surface area contributed by atoms with E-state index in [-0.39, 0.29) is 5.60 Å². The van der Waals surface area contributed by atoms with Gasteiger partial charge in [0.05, 0.1) is 5.60 Å². The minimum Gasteiger partial charge on any atom is -0.381 e. The maximum Gasteiger partial charge on any atom is 0.0877 e. The van der Waals surface area contributed by atoms with E-state index in [4.69, 9.17) is 9.47 Å². The normalized spacial score (nSPS) is 19.7. The lowest BCUT2D eigenvalue weighted by Gasteiger charge is -2.43. The van der Waals surface area contributed by atoms with Crippen LogP contribution < -0.4 is 5.32 Å². The summed E-state index contributed by atoms with van der Waals surface area (Å²) in [6, 6.07) is 4.44. The molecule has 1 N–H and O–H groups in total. The van der Waals surface area contributed by atoms with E-state index in [1.807, 2.05) is 25.6 Å². The van der Waals surface area contributed by atoms with Gasteiger partial charge in [0.15, 0.2) is 0 Å². The van der Waals surface area contributed by atoms with Crippen molar-refractivity contribution in [3.8, 4) is 0 Å². The van der Waals surface area contributed by atoms with E-state index < -0.39 is 0 Å². The number of hydrogen-bond donors (Lipinski definition) is 1. The van der Waals surface area contributed by atoms with Gasteiger partial charge in [0.25, 0.3) is 0 Å². The summed E-state index contributed by atoms with van der Waals surface area (Å²) < 4.78 is 11.5. The summed E-state index contributed by atoms with van der Waals surface area (Å²) in [6.07, 6.45) is 7.74. The van der Waals surface area contributed by atoms with Crippen LogP contribution in [0.3, 0.4) is 0 Å². The van der Waals surface area contributed by atoms with Crippen LogP contribution >= 0.6 is 0 Å². The van der Waals surface area contributed by atoms with Crippen LogP contribution in [-0.2, 0) is 15.9 Å². The number of pyridine rings is 1. The molecular weight excluding hydrogens is 252 g/mol. The Morgan fingerprint density at radius 1 is 1.45 bits per heavy atom. The van der Waals surface area contributed by atoms with E-state index in [0.29, 0.717) is 6.04 Å². The minimum atomic E-state index is -0.122. The van der Waals surface area contributed by atoms with Crippen molar-refractivity contribution in [2.75, 3.05) is 26.9 Å². The Bertz CT molecular complexity index is 377. The Labute approximate surface area is 121 Å². The van der Waals surface area contributed by atoms with E-state index >= 15 is 0 Å². The number of nitrogens with one attached hydrogen (secondary N) is 1. The first-order valence-corrected chi connectivity index (χ1v) is 7.56. The third-order valence-electron chi connectivity index (χ3n) is 4.18. The Morgan fingerprint density at radius 3 is 2.85 bits per heavy atom. The van der Waals surface area contributed by atoms with Gasteiger partial charge in [-0.25, -0.2) is 0 Å². The predicted molar refractivity (Wildman–Crippen MR) is 79.8 cm³/mol. The monoisotopic (exact) mass is 278 g/mol. The highest BCUT2D eigenvalue weighted by Gasteiger charge is 2.40. The number of methoxy groups -OCH3 is 1. The van der Waals surface area contributed by atoms with Crippen LogP contribution in [0.25, 0.3) is 0 Å². The second-order valence-corrected chi connectivity index (χ2v) is 5.45. The minimum absolute atomic E-state index is 0.122. The summed E-state index contributed by atoms with van der Waals surface area (Å²) in [5.41, 5.74) is 1.13. The summed E-state index contributed by atoms with van der Waals surface area (Å²) in [6.45, 7) is 4.77. The van der Waals surface area contributed by atoms with Crippen LogP contribution in [-0.4, -0.2) is 43.5 Å². The van der Waals surface area contributed by atoms with E-state index in [1.165, 1.54) is 5.56 Å². The highest BCUT2D eigenvalue weighted by atomic mass is 16.5. The second kappa shape index (κ2) is 7.72. The van der Waals surface area contributed by atoms with Gasteiger partial charge in [-0.1, -0.05) is 13.0 Å². The third kappa shape index (κ3) is 3.78. The van der Waals surface area contributed by atoms with Gasteiger partial charge in [-0.15, -0.1) is 0 Å². The molecule has 1 aromatic heterocycles. The molecule has 0 amide bonds. The van der Waals surface area contributed by atoms with Crippen molar-refractivity contribution in [2.45, 2.75) is 44.2 Å². The van der Waals surface area contributed by atoms with Crippen LogP contribution in [0.5, 0.6) is 0 Å². The molecule has 1 aliphatic heterocycles. The van der Waals surface area contributed by atoms with Crippen molar-refractivity contribution in [1.29, 1.82) is 0 Å². The Morgan fingerprint density at radius 2 is 2.25 bits per heavy atom. The lowest BCUT2D eigenvalue weighted by atomic mass is 9.82. The van der Waals surface area contributed by atoms with Crippen molar-refractivity contribution >= 4 is 0 Å². The van der Waals surface area contributed by atoms with Gasteiger partial charge in [-0.2, -0.15) is 0 Å². The lowest BCUT2D eigenvalue weighted by molar-refractivity contribution is -0.110. The van der Waals surface area contributed by atoms with Gasteiger partial charge < -0.3 is 14.8 Å². The fourth-order valence-electron chi connectivity index (χ4n) is 2.93. The molecule has 20 heavy (non-hydrogen) atoms. The molecule has 2 heterocycles. The Kier molecular flexibility index (Phi) is 5.95. The van der Waals surface area contributed by atoms with Crippen LogP contribution in [0.4, 0.5) is 0 Å².